The van der Waals surface area contributed by atoms with E-state index in [1.807, 2.05) is 6.07 Å². The van der Waals surface area contributed by atoms with Crippen molar-refractivity contribution in [2.75, 3.05) is 18.0 Å². The molecule has 18 heavy (non-hydrogen) atoms. The number of rotatable bonds is 3. The third-order valence-electron chi connectivity index (χ3n) is 3.36. The van der Waals surface area contributed by atoms with Gasteiger partial charge in [0.05, 0.1) is 4.92 Å². The third-order valence-corrected chi connectivity index (χ3v) is 3.65. The highest BCUT2D eigenvalue weighted by molar-refractivity contribution is 6.17. The molecule has 1 aliphatic rings. The molecule has 0 atom stereocenters. The second-order valence-corrected chi connectivity index (χ2v) is 4.87. The van der Waals surface area contributed by atoms with Gasteiger partial charge in [0.15, 0.2) is 0 Å². The number of halogens is 1. The Morgan fingerprint density at radius 2 is 1.89 bits per heavy atom. The van der Waals surface area contributed by atoms with Gasteiger partial charge in [-0.25, -0.2) is 0 Å². The minimum atomic E-state index is -0.373. The summed E-state index contributed by atoms with van der Waals surface area (Å²) in [5.74, 6) is 0.313. The number of alkyl halides is 1. The Kier molecular flexibility index (Phi) is 4.42. The SMILES string of the molecule is O=[N+]([O-])c1ccc(N2CCCCCC2)c(CCl)c1. The Morgan fingerprint density at radius 3 is 2.44 bits per heavy atom. The molecule has 5 heteroatoms. The molecule has 1 aromatic rings. The second kappa shape index (κ2) is 6.05. The molecular formula is C13H17ClN2O2. The first-order valence-corrected chi connectivity index (χ1v) is 6.84. The molecule has 0 unspecified atom stereocenters. The van der Waals surface area contributed by atoms with Crippen LogP contribution in [0.15, 0.2) is 18.2 Å². The zero-order valence-corrected chi connectivity index (χ0v) is 11.0. The van der Waals surface area contributed by atoms with Crippen molar-refractivity contribution in [2.24, 2.45) is 0 Å². The summed E-state index contributed by atoms with van der Waals surface area (Å²) in [5, 5.41) is 10.8. The summed E-state index contributed by atoms with van der Waals surface area (Å²) in [7, 11) is 0. The highest BCUT2D eigenvalue weighted by atomic mass is 35.5. The lowest BCUT2D eigenvalue weighted by atomic mass is 10.1. The van der Waals surface area contributed by atoms with Crippen LogP contribution < -0.4 is 4.90 Å². The van der Waals surface area contributed by atoms with Gasteiger partial charge in [0, 0.05) is 36.8 Å². The number of hydrogen-bond acceptors (Lipinski definition) is 3. The molecule has 0 spiro atoms. The molecule has 98 valence electrons. The summed E-state index contributed by atoms with van der Waals surface area (Å²) in [6.45, 7) is 2.03. The summed E-state index contributed by atoms with van der Waals surface area (Å²) >= 11 is 5.92. The topological polar surface area (TPSA) is 46.4 Å². The average molecular weight is 269 g/mol. The summed E-state index contributed by atoms with van der Waals surface area (Å²) in [4.78, 5) is 12.7. The minimum absolute atomic E-state index is 0.115. The molecule has 1 heterocycles. The fourth-order valence-electron chi connectivity index (χ4n) is 2.41. The zero-order valence-electron chi connectivity index (χ0n) is 10.3. The first-order chi connectivity index (χ1) is 8.72. The fraction of sp³-hybridized carbons (Fsp3) is 0.538. The lowest BCUT2D eigenvalue weighted by Gasteiger charge is -2.24. The smallest absolute Gasteiger partial charge is 0.269 e. The van der Waals surface area contributed by atoms with E-state index < -0.39 is 0 Å². The molecule has 1 aromatic carbocycles. The van der Waals surface area contributed by atoms with Gasteiger partial charge in [-0.05, 0) is 24.5 Å². The lowest BCUT2D eigenvalue weighted by molar-refractivity contribution is -0.384. The van der Waals surface area contributed by atoms with E-state index in [1.165, 1.54) is 25.7 Å². The second-order valence-electron chi connectivity index (χ2n) is 4.61. The average Bonchev–Trinajstić information content (AvgIpc) is 2.66. The third kappa shape index (κ3) is 2.93. The molecule has 2 rings (SSSR count). The van der Waals surface area contributed by atoms with Gasteiger partial charge in [-0.3, -0.25) is 10.1 Å². The van der Waals surface area contributed by atoms with Crippen LogP contribution in [-0.2, 0) is 5.88 Å². The highest BCUT2D eigenvalue weighted by Crippen LogP contribution is 2.28. The maximum absolute atomic E-state index is 10.8. The molecule has 0 N–H and O–H groups in total. The number of anilines is 1. The van der Waals surface area contributed by atoms with Crippen molar-refractivity contribution in [3.05, 3.63) is 33.9 Å². The molecule has 1 saturated heterocycles. The Morgan fingerprint density at radius 1 is 1.22 bits per heavy atom. The number of nitrogens with zero attached hydrogens (tertiary/aromatic N) is 2. The fourth-order valence-corrected chi connectivity index (χ4v) is 2.63. The van der Waals surface area contributed by atoms with Crippen LogP contribution in [0.1, 0.15) is 31.2 Å². The van der Waals surface area contributed by atoms with Gasteiger partial charge in [-0.15, -0.1) is 11.6 Å². The molecule has 0 amide bonds. The number of non-ortho nitro benzene ring substituents is 1. The predicted molar refractivity (Wildman–Crippen MR) is 73.3 cm³/mol. The van der Waals surface area contributed by atoms with Crippen molar-refractivity contribution < 1.29 is 4.92 Å². The lowest BCUT2D eigenvalue weighted by Crippen LogP contribution is -2.24. The molecule has 0 aromatic heterocycles. The van der Waals surface area contributed by atoms with Gasteiger partial charge in [0.2, 0.25) is 0 Å². The van der Waals surface area contributed by atoms with Gasteiger partial charge in [0.1, 0.15) is 0 Å². The van der Waals surface area contributed by atoms with E-state index in [9.17, 15) is 10.1 Å². The van der Waals surface area contributed by atoms with Crippen molar-refractivity contribution >= 4 is 23.0 Å². The van der Waals surface area contributed by atoms with Crippen molar-refractivity contribution in [3.63, 3.8) is 0 Å². The summed E-state index contributed by atoms with van der Waals surface area (Å²) in [6, 6.07) is 4.99. The molecule has 0 radical (unpaired) electrons. The van der Waals surface area contributed by atoms with Crippen LogP contribution in [0.25, 0.3) is 0 Å². The highest BCUT2D eigenvalue weighted by Gasteiger charge is 2.16. The van der Waals surface area contributed by atoms with Crippen LogP contribution in [0, 0.1) is 10.1 Å². The van der Waals surface area contributed by atoms with Gasteiger partial charge >= 0.3 is 0 Å². The van der Waals surface area contributed by atoms with Crippen LogP contribution in [0.3, 0.4) is 0 Å². The van der Waals surface area contributed by atoms with Crippen LogP contribution in [0.5, 0.6) is 0 Å². The summed E-state index contributed by atoms with van der Waals surface area (Å²) in [5.41, 5.74) is 2.02. The zero-order chi connectivity index (χ0) is 13.0. The summed E-state index contributed by atoms with van der Waals surface area (Å²) < 4.78 is 0. The van der Waals surface area contributed by atoms with Crippen molar-refractivity contribution in [3.8, 4) is 0 Å². The number of hydrogen-bond donors (Lipinski definition) is 0. The number of nitro benzene ring substituents is 1. The van der Waals surface area contributed by atoms with E-state index >= 15 is 0 Å². The van der Waals surface area contributed by atoms with E-state index in [0.717, 1.165) is 24.3 Å². The molecule has 0 aliphatic carbocycles. The Balaban J connectivity index is 2.28. The van der Waals surface area contributed by atoms with E-state index in [1.54, 1.807) is 12.1 Å². The quantitative estimate of drug-likeness (QED) is 0.477. The number of nitro groups is 1. The maximum atomic E-state index is 10.8. The number of benzene rings is 1. The van der Waals surface area contributed by atoms with Crippen LogP contribution in [0.2, 0.25) is 0 Å². The van der Waals surface area contributed by atoms with Crippen LogP contribution >= 0.6 is 11.6 Å². The van der Waals surface area contributed by atoms with Crippen molar-refractivity contribution in [2.45, 2.75) is 31.6 Å². The molecular weight excluding hydrogens is 252 g/mol. The Hall–Kier alpha value is -1.29. The molecule has 1 aliphatic heterocycles. The van der Waals surface area contributed by atoms with E-state index in [-0.39, 0.29) is 10.6 Å². The molecule has 0 bridgehead atoms. The standard InChI is InChI=1S/C13H17ClN2O2/c14-10-11-9-12(16(17)18)5-6-13(11)15-7-3-1-2-4-8-15/h5-6,9H,1-4,7-8,10H2. The van der Waals surface area contributed by atoms with Crippen LogP contribution in [-0.4, -0.2) is 18.0 Å². The van der Waals surface area contributed by atoms with Crippen molar-refractivity contribution in [1.29, 1.82) is 0 Å². The van der Waals surface area contributed by atoms with Gasteiger partial charge in [-0.1, -0.05) is 12.8 Å². The first kappa shape index (κ1) is 13.1. The minimum Gasteiger partial charge on any atom is -0.371 e. The summed E-state index contributed by atoms with van der Waals surface area (Å²) in [6.07, 6.45) is 4.89. The van der Waals surface area contributed by atoms with Gasteiger partial charge in [-0.2, -0.15) is 0 Å². The first-order valence-electron chi connectivity index (χ1n) is 6.30. The maximum Gasteiger partial charge on any atom is 0.269 e. The van der Waals surface area contributed by atoms with Crippen molar-refractivity contribution in [1.82, 2.24) is 0 Å². The van der Waals surface area contributed by atoms with E-state index in [0.29, 0.717) is 5.88 Å². The van der Waals surface area contributed by atoms with Crippen LogP contribution in [0.4, 0.5) is 11.4 Å². The largest absolute Gasteiger partial charge is 0.371 e. The Labute approximate surface area is 112 Å². The van der Waals surface area contributed by atoms with E-state index in [2.05, 4.69) is 4.90 Å². The van der Waals surface area contributed by atoms with Gasteiger partial charge < -0.3 is 4.90 Å². The monoisotopic (exact) mass is 268 g/mol. The normalized spacial score (nSPS) is 16.4. The molecule has 4 nitrogen and oxygen atoms in total. The predicted octanol–water partition coefficient (Wildman–Crippen LogP) is 3.71. The molecule has 1 fully saturated rings. The molecule has 0 saturated carbocycles. The van der Waals surface area contributed by atoms with Gasteiger partial charge in [0.25, 0.3) is 5.69 Å². The van der Waals surface area contributed by atoms with E-state index in [4.69, 9.17) is 11.6 Å². The Bertz CT molecular complexity index is 429.